The van der Waals surface area contributed by atoms with Crippen LogP contribution in [0, 0.1) is 0 Å². The van der Waals surface area contributed by atoms with Crippen LogP contribution in [0.25, 0.3) is 11.0 Å². The quantitative estimate of drug-likeness (QED) is 0.682. The molecule has 0 bridgehead atoms. The van der Waals surface area contributed by atoms with E-state index in [-0.39, 0.29) is 0 Å². The van der Waals surface area contributed by atoms with Crippen LogP contribution in [0.4, 0.5) is 0 Å². The second kappa shape index (κ2) is 4.86. The highest BCUT2D eigenvalue weighted by Crippen LogP contribution is 2.23. The number of rotatable bonds is 3. The van der Waals surface area contributed by atoms with Crippen molar-refractivity contribution in [2.24, 2.45) is 0 Å². The van der Waals surface area contributed by atoms with Gasteiger partial charge < -0.3 is 4.57 Å². The van der Waals surface area contributed by atoms with E-state index in [2.05, 4.69) is 4.98 Å². The summed E-state index contributed by atoms with van der Waals surface area (Å²) in [5, 5.41) is 0.396. The Morgan fingerprint density at radius 2 is 1.89 bits per heavy atom. The molecule has 0 atom stereocenters. The highest BCUT2D eigenvalue weighted by atomic mass is 35.5. The molecular weight excluding hydrogens is 260 g/mol. The molecule has 0 radical (unpaired) electrons. The molecule has 0 fully saturated rings. The molecule has 3 rings (SSSR count). The lowest BCUT2D eigenvalue weighted by Crippen LogP contribution is -1.99. The van der Waals surface area contributed by atoms with Crippen molar-refractivity contribution in [3.05, 3.63) is 64.9 Å². The monoisotopic (exact) mass is 270 g/mol. The molecule has 0 aliphatic rings. The molecule has 0 aliphatic carbocycles. The Balaban J connectivity index is 2.14. The second-order valence-corrected chi connectivity index (χ2v) is 4.62. The third-order valence-electron chi connectivity index (χ3n) is 3.07. The number of halogens is 1. The maximum Gasteiger partial charge on any atom is 0.204 e. The zero-order valence-electron chi connectivity index (χ0n) is 10.1. The topological polar surface area (TPSA) is 34.9 Å². The third-order valence-corrected chi connectivity index (χ3v) is 3.36. The van der Waals surface area contributed by atoms with E-state index < -0.39 is 0 Å². The predicted octanol–water partition coefficient (Wildman–Crippen LogP) is 3.55. The molecule has 3 nitrogen and oxygen atoms in total. The molecule has 19 heavy (non-hydrogen) atoms. The van der Waals surface area contributed by atoms with Gasteiger partial charge in [0.1, 0.15) is 5.52 Å². The average molecular weight is 271 g/mol. The summed E-state index contributed by atoms with van der Waals surface area (Å²) in [6.45, 7) is 0.637. The van der Waals surface area contributed by atoms with Crippen molar-refractivity contribution in [3.8, 4) is 0 Å². The fraction of sp³-hybridized carbons (Fsp3) is 0.0667. The molecule has 94 valence electrons. The Kier molecular flexibility index (Phi) is 3.05. The minimum Gasteiger partial charge on any atom is -0.310 e. The van der Waals surface area contributed by atoms with Crippen molar-refractivity contribution in [1.82, 2.24) is 9.55 Å². The number of imidazole rings is 1. The number of aromatic nitrogens is 2. The number of nitrogens with zero attached hydrogens (tertiary/aromatic N) is 2. The van der Waals surface area contributed by atoms with Crippen LogP contribution >= 0.6 is 11.6 Å². The molecule has 0 spiro atoms. The van der Waals surface area contributed by atoms with Gasteiger partial charge in [-0.2, -0.15) is 0 Å². The van der Waals surface area contributed by atoms with Crippen LogP contribution in [0.1, 0.15) is 15.9 Å². The van der Waals surface area contributed by atoms with Crippen molar-refractivity contribution in [2.75, 3.05) is 0 Å². The number of fused-ring (bicyclic) bond motifs is 1. The Labute approximate surface area is 115 Å². The van der Waals surface area contributed by atoms with Crippen LogP contribution in [0.5, 0.6) is 0 Å². The molecule has 1 heterocycles. The van der Waals surface area contributed by atoms with Crippen LogP contribution < -0.4 is 0 Å². The molecular formula is C15H11ClN2O. The summed E-state index contributed by atoms with van der Waals surface area (Å²) < 4.78 is 1.90. The van der Waals surface area contributed by atoms with Crippen LogP contribution in [-0.4, -0.2) is 15.8 Å². The van der Waals surface area contributed by atoms with E-state index in [0.29, 0.717) is 22.9 Å². The Bertz CT molecular complexity index is 734. The van der Waals surface area contributed by atoms with Crippen molar-refractivity contribution in [1.29, 1.82) is 0 Å². The lowest BCUT2D eigenvalue weighted by Gasteiger charge is -2.05. The molecule has 0 saturated carbocycles. The summed E-state index contributed by atoms with van der Waals surface area (Å²) in [6.07, 6.45) is 0.804. The van der Waals surface area contributed by atoms with Gasteiger partial charge in [-0.1, -0.05) is 36.4 Å². The van der Waals surface area contributed by atoms with E-state index >= 15 is 0 Å². The van der Waals surface area contributed by atoms with Crippen LogP contribution in [0.3, 0.4) is 0 Å². The Morgan fingerprint density at radius 3 is 2.63 bits per heavy atom. The smallest absolute Gasteiger partial charge is 0.204 e. The number of para-hydroxylation sites is 1. The number of carbonyl (C=O) groups excluding carboxylic acids is 1. The van der Waals surface area contributed by atoms with Gasteiger partial charge in [0.15, 0.2) is 6.29 Å². The first-order chi connectivity index (χ1) is 9.29. The van der Waals surface area contributed by atoms with E-state index in [4.69, 9.17) is 11.6 Å². The second-order valence-electron chi connectivity index (χ2n) is 4.29. The van der Waals surface area contributed by atoms with Crippen molar-refractivity contribution >= 4 is 28.9 Å². The number of benzene rings is 2. The first kappa shape index (κ1) is 11.9. The van der Waals surface area contributed by atoms with Gasteiger partial charge in [0.2, 0.25) is 5.28 Å². The number of hydrogen-bond acceptors (Lipinski definition) is 2. The fourth-order valence-electron chi connectivity index (χ4n) is 2.15. The van der Waals surface area contributed by atoms with Gasteiger partial charge in [0.25, 0.3) is 0 Å². The summed E-state index contributed by atoms with van der Waals surface area (Å²) in [7, 11) is 0. The Morgan fingerprint density at radius 1 is 1.11 bits per heavy atom. The number of carbonyl (C=O) groups is 1. The number of hydrogen-bond donors (Lipinski definition) is 0. The first-order valence-corrected chi connectivity index (χ1v) is 6.31. The van der Waals surface area contributed by atoms with E-state index in [1.54, 1.807) is 6.07 Å². The lowest BCUT2D eigenvalue weighted by atomic mass is 10.2. The normalized spacial score (nSPS) is 10.8. The van der Waals surface area contributed by atoms with Gasteiger partial charge in [-0.25, -0.2) is 4.98 Å². The number of aldehydes is 1. The maximum atomic E-state index is 11.0. The average Bonchev–Trinajstić information content (AvgIpc) is 2.76. The summed E-state index contributed by atoms with van der Waals surface area (Å²) in [6, 6.07) is 15.5. The zero-order valence-corrected chi connectivity index (χ0v) is 10.8. The van der Waals surface area contributed by atoms with E-state index in [1.807, 2.05) is 47.0 Å². The molecule has 4 heteroatoms. The summed E-state index contributed by atoms with van der Waals surface area (Å²) in [5.41, 5.74) is 3.23. The summed E-state index contributed by atoms with van der Waals surface area (Å²) in [5.74, 6) is 0. The molecule has 0 N–H and O–H groups in total. The summed E-state index contributed by atoms with van der Waals surface area (Å²) >= 11 is 6.18. The fourth-order valence-corrected chi connectivity index (χ4v) is 2.39. The van der Waals surface area contributed by atoms with Gasteiger partial charge in [-0.15, -0.1) is 0 Å². The molecule has 3 aromatic rings. The third kappa shape index (κ3) is 2.13. The Hall–Kier alpha value is -2.13. The molecule has 1 aromatic heterocycles. The highest BCUT2D eigenvalue weighted by Gasteiger charge is 2.11. The molecule has 0 amide bonds. The molecule has 2 aromatic carbocycles. The summed E-state index contributed by atoms with van der Waals surface area (Å²) in [4.78, 5) is 15.3. The zero-order chi connectivity index (χ0) is 13.2. The lowest BCUT2D eigenvalue weighted by molar-refractivity contribution is 0.112. The van der Waals surface area contributed by atoms with Gasteiger partial charge in [0.05, 0.1) is 12.1 Å². The van der Waals surface area contributed by atoms with E-state index in [0.717, 1.165) is 17.4 Å². The first-order valence-electron chi connectivity index (χ1n) is 5.93. The SMILES string of the molecule is O=Cc1cccc2c1nc(Cl)n2Cc1ccccc1. The van der Waals surface area contributed by atoms with Gasteiger partial charge >= 0.3 is 0 Å². The van der Waals surface area contributed by atoms with Crippen molar-refractivity contribution in [2.45, 2.75) is 6.54 Å². The molecule has 0 saturated heterocycles. The highest BCUT2D eigenvalue weighted by molar-refractivity contribution is 6.29. The standard InChI is InChI=1S/C15H11ClN2O/c16-15-17-14-12(10-19)7-4-8-13(14)18(15)9-11-5-2-1-3-6-11/h1-8,10H,9H2. The van der Waals surface area contributed by atoms with Crippen LogP contribution in [-0.2, 0) is 6.54 Å². The van der Waals surface area contributed by atoms with E-state index in [1.165, 1.54) is 0 Å². The van der Waals surface area contributed by atoms with Crippen LogP contribution in [0.2, 0.25) is 5.28 Å². The van der Waals surface area contributed by atoms with Crippen molar-refractivity contribution < 1.29 is 4.79 Å². The minimum absolute atomic E-state index is 0.396. The van der Waals surface area contributed by atoms with Crippen LogP contribution in [0.15, 0.2) is 48.5 Å². The molecule has 0 unspecified atom stereocenters. The van der Waals surface area contributed by atoms with Gasteiger partial charge in [-0.05, 0) is 29.3 Å². The molecule has 0 aliphatic heterocycles. The largest absolute Gasteiger partial charge is 0.310 e. The predicted molar refractivity (Wildman–Crippen MR) is 75.7 cm³/mol. The van der Waals surface area contributed by atoms with Crippen molar-refractivity contribution in [3.63, 3.8) is 0 Å². The van der Waals surface area contributed by atoms with Gasteiger partial charge in [0, 0.05) is 5.56 Å². The minimum atomic E-state index is 0.396. The van der Waals surface area contributed by atoms with E-state index in [9.17, 15) is 4.79 Å². The maximum absolute atomic E-state index is 11.0. The van der Waals surface area contributed by atoms with Gasteiger partial charge in [-0.3, -0.25) is 4.79 Å².